The third kappa shape index (κ3) is 14.4. The Kier molecular flexibility index (Phi) is 20.4. The van der Waals surface area contributed by atoms with Crippen LogP contribution in [0.3, 0.4) is 0 Å². The first-order chi connectivity index (χ1) is 22.7. The van der Waals surface area contributed by atoms with Crippen molar-refractivity contribution in [1.82, 2.24) is 0 Å². The SMILES string of the molecule is C.CCOC(=O)CCC(C(=O)CC)C(=O)OCC.CCOC(=O)CCc1c(CC)c2cc(C)c(O)cc2oc1=O.Cc1ccc(O)cc1O. The number of phenolic OH excluding ortho intramolecular Hbond substituents is 3. The lowest BCUT2D eigenvalue weighted by Crippen LogP contribution is -2.26. The number of esters is 3. The van der Waals surface area contributed by atoms with Crippen molar-refractivity contribution < 1.29 is 53.1 Å². The minimum atomic E-state index is -0.843. The normalized spacial score (nSPS) is 10.7. The van der Waals surface area contributed by atoms with Gasteiger partial charge in [-0.1, -0.05) is 27.3 Å². The summed E-state index contributed by atoms with van der Waals surface area (Å²) in [4.78, 5) is 57.9. The molecule has 0 saturated carbocycles. The Morgan fingerprint density at radius 2 is 1.33 bits per heavy atom. The molecular formula is C37H52O12. The molecule has 0 fully saturated rings. The summed E-state index contributed by atoms with van der Waals surface area (Å²) < 4.78 is 19.7. The molecule has 1 unspecified atom stereocenters. The van der Waals surface area contributed by atoms with E-state index in [1.54, 1.807) is 53.7 Å². The number of carbonyl (C=O) groups excluding carboxylic acids is 4. The highest BCUT2D eigenvalue weighted by Crippen LogP contribution is 2.28. The number of aryl methyl sites for hydroxylation is 3. The standard InChI is InChI=1S/C17H20O5.C12H20O5.C7H8O2.CH4/c1-4-11-12(6-7-16(19)21-5-2)17(20)22-15-9-14(18)10(3)8-13(11)15;1-4-10(13)9(12(15)17-6-3)7-8-11(14)16-5-2;1-5-2-3-6(8)4-7(5)9;/h8-9,18H,4-7H2,1-3H3;9H,4-8H2,1-3H3;2-4,8-9H,1H3;1H4. The first-order valence-electron chi connectivity index (χ1n) is 16.0. The molecule has 2 aromatic carbocycles. The van der Waals surface area contributed by atoms with Crippen LogP contribution in [-0.2, 0) is 46.2 Å². The molecule has 0 bridgehead atoms. The van der Waals surface area contributed by atoms with Gasteiger partial charge in [0.05, 0.1) is 19.8 Å². The maximum absolute atomic E-state index is 12.2. The minimum absolute atomic E-state index is 0. The first kappa shape index (κ1) is 44.1. The van der Waals surface area contributed by atoms with Crippen LogP contribution in [0.2, 0.25) is 0 Å². The maximum atomic E-state index is 12.2. The summed E-state index contributed by atoms with van der Waals surface area (Å²) in [5.74, 6) is -2.00. The van der Waals surface area contributed by atoms with Crippen LogP contribution in [0, 0.1) is 19.8 Å². The molecule has 12 nitrogen and oxygen atoms in total. The Morgan fingerprint density at radius 3 is 1.84 bits per heavy atom. The molecule has 0 aliphatic carbocycles. The van der Waals surface area contributed by atoms with Crippen molar-refractivity contribution in [2.45, 2.75) is 94.4 Å². The number of benzene rings is 2. The molecule has 49 heavy (non-hydrogen) atoms. The largest absolute Gasteiger partial charge is 0.508 e. The van der Waals surface area contributed by atoms with Gasteiger partial charge in [0.25, 0.3) is 0 Å². The predicted octanol–water partition coefficient (Wildman–Crippen LogP) is 6.40. The average molecular weight is 689 g/mol. The number of ketones is 1. The van der Waals surface area contributed by atoms with Gasteiger partial charge < -0.3 is 33.9 Å². The van der Waals surface area contributed by atoms with Crippen LogP contribution in [0.25, 0.3) is 11.0 Å². The van der Waals surface area contributed by atoms with Crippen LogP contribution in [0.4, 0.5) is 0 Å². The summed E-state index contributed by atoms with van der Waals surface area (Å²) in [7, 11) is 0. The zero-order valence-electron chi connectivity index (χ0n) is 28.8. The van der Waals surface area contributed by atoms with Gasteiger partial charge in [0, 0.05) is 42.3 Å². The van der Waals surface area contributed by atoms with Crippen molar-refractivity contribution in [1.29, 1.82) is 0 Å². The predicted molar refractivity (Wildman–Crippen MR) is 186 cm³/mol. The fraction of sp³-hybridized carbons (Fsp3) is 0.486. The van der Waals surface area contributed by atoms with E-state index in [1.165, 1.54) is 18.2 Å². The number of rotatable bonds is 13. The van der Waals surface area contributed by atoms with Gasteiger partial charge in [-0.2, -0.15) is 0 Å². The van der Waals surface area contributed by atoms with Gasteiger partial charge >= 0.3 is 23.5 Å². The van der Waals surface area contributed by atoms with Crippen LogP contribution in [0.5, 0.6) is 17.2 Å². The number of hydrogen-bond acceptors (Lipinski definition) is 12. The lowest BCUT2D eigenvalue weighted by atomic mass is 9.97. The quantitative estimate of drug-likeness (QED) is 0.0778. The number of aromatic hydroxyl groups is 3. The average Bonchev–Trinajstić information content (AvgIpc) is 3.03. The summed E-state index contributed by atoms with van der Waals surface area (Å²) in [6.45, 7) is 13.2. The minimum Gasteiger partial charge on any atom is -0.508 e. The number of ether oxygens (including phenoxy) is 3. The lowest BCUT2D eigenvalue weighted by Gasteiger charge is -2.13. The summed E-state index contributed by atoms with van der Waals surface area (Å²) in [5, 5.41) is 28.3. The Balaban J connectivity index is 0.000000757. The van der Waals surface area contributed by atoms with Crippen molar-refractivity contribution in [3.05, 3.63) is 63.0 Å². The number of carbonyl (C=O) groups is 4. The van der Waals surface area contributed by atoms with Gasteiger partial charge in [0.1, 0.15) is 34.5 Å². The second kappa shape index (κ2) is 22.7. The van der Waals surface area contributed by atoms with Crippen molar-refractivity contribution >= 4 is 34.7 Å². The molecule has 12 heteroatoms. The van der Waals surface area contributed by atoms with Crippen molar-refractivity contribution in [3.8, 4) is 17.2 Å². The fourth-order valence-electron chi connectivity index (χ4n) is 4.55. The molecular weight excluding hydrogens is 636 g/mol. The molecule has 0 aliphatic rings. The van der Waals surface area contributed by atoms with Gasteiger partial charge in [-0.25, -0.2) is 4.79 Å². The highest BCUT2D eigenvalue weighted by atomic mass is 16.5. The van der Waals surface area contributed by atoms with Gasteiger partial charge in [0.2, 0.25) is 0 Å². The van der Waals surface area contributed by atoms with Crippen molar-refractivity contribution in [3.63, 3.8) is 0 Å². The third-order valence-electron chi connectivity index (χ3n) is 7.12. The number of hydrogen-bond donors (Lipinski definition) is 3. The van der Waals surface area contributed by atoms with Crippen LogP contribution in [-0.4, -0.2) is 58.8 Å². The maximum Gasteiger partial charge on any atom is 0.339 e. The molecule has 272 valence electrons. The lowest BCUT2D eigenvalue weighted by molar-refractivity contribution is -0.152. The highest BCUT2D eigenvalue weighted by Gasteiger charge is 2.27. The second-order valence-corrected chi connectivity index (χ2v) is 10.6. The van der Waals surface area contributed by atoms with E-state index in [-0.39, 0.29) is 68.7 Å². The molecule has 1 atom stereocenters. The Hall–Kier alpha value is -4.87. The zero-order valence-corrected chi connectivity index (χ0v) is 28.8. The summed E-state index contributed by atoms with van der Waals surface area (Å²) >= 11 is 0. The highest BCUT2D eigenvalue weighted by molar-refractivity contribution is 5.99. The van der Waals surface area contributed by atoms with E-state index in [4.69, 9.17) is 28.8 Å². The molecule has 0 saturated heterocycles. The summed E-state index contributed by atoms with van der Waals surface area (Å²) in [6.07, 6.45) is 1.55. The monoisotopic (exact) mass is 688 g/mol. The number of phenols is 3. The number of Topliss-reactive ketones (excluding diaryl/α,β-unsaturated/α-hetero) is 1. The van der Waals surface area contributed by atoms with E-state index >= 15 is 0 Å². The van der Waals surface area contributed by atoms with Crippen molar-refractivity contribution in [2.24, 2.45) is 5.92 Å². The molecule has 1 aromatic heterocycles. The van der Waals surface area contributed by atoms with Gasteiger partial charge in [-0.05, 0) is 82.7 Å². The van der Waals surface area contributed by atoms with E-state index in [0.717, 1.165) is 16.5 Å². The van der Waals surface area contributed by atoms with Crippen LogP contribution >= 0.6 is 0 Å². The Morgan fingerprint density at radius 1 is 0.755 bits per heavy atom. The van der Waals surface area contributed by atoms with Crippen LogP contribution in [0.1, 0.15) is 90.0 Å². The van der Waals surface area contributed by atoms with E-state index < -0.39 is 23.5 Å². The van der Waals surface area contributed by atoms with Crippen LogP contribution < -0.4 is 5.63 Å². The molecule has 3 N–H and O–H groups in total. The third-order valence-corrected chi connectivity index (χ3v) is 7.12. The molecule has 0 radical (unpaired) electrons. The topological polar surface area (TPSA) is 187 Å². The summed E-state index contributed by atoms with van der Waals surface area (Å²) in [5.41, 5.74) is 2.76. The van der Waals surface area contributed by atoms with Gasteiger partial charge in [-0.3, -0.25) is 19.2 Å². The molecule has 0 amide bonds. The Bertz CT molecular complexity index is 1590. The van der Waals surface area contributed by atoms with E-state index in [1.807, 2.05) is 6.92 Å². The van der Waals surface area contributed by atoms with E-state index in [0.29, 0.717) is 42.8 Å². The van der Waals surface area contributed by atoms with Crippen LogP contribution in [0.15, 0.2) is 39.5 Å². The van der Waals surface area contributed by atoms with E-state index in [2.05, 4.69) is 0 Å². The van der Waals surface area contributed by atoms with Crippen molar-refractivity contribution in [2.75, 3.05) is 19.8 Å². The Labute approximate surface area is 288 Å². The first-order valence-corrected chi connectivity index (χ1v) is 16.0. The molecule has 1 heterocycles. The molecule has 0 aliphatic heterocycles. The fourth-order valence-corrected chi connectivity index (χ4v) is 4.55. The molecule has 3 aromatic rings. The molecule has 0 spiro atoms. The zero-order chi connectivity index (χ0) is 36.4. The summed E-state index contributed by atoms with van der Waals surface area (Å²) in [6, 6.07) is 7.77. The van der Waals surface area contributed by atoms with Gasteiger partial charge in [0.15, 0.2) is 0 Å². The van der Waals surface area contributed by atoms with Gasteiger partial charge in [-0.15, -0.1) is 0 Å². The second-order valence-electron chi connectivity index (χ2n) is 10.6. The smallest absolute Gasteiger partial charge is 0.339 e. The van der Waals surface area contributed by atoms with E-state index in [9.17, 15) is 29.1 Å². The molecule has 3 rings (SSSR count). The number of fused-ring (bicyclic) bond motifs is 1.